The van der Waals surface area contributed by atoms with Gasteiger partial charge in [0.15, 0.2) is 8.80 Å². The molecule has 0 aromatic heterocycles. The lowest BCUT2D eigenvalue weighted by Gasteiger charge is -2.52. The molecule has 5 rings (SSSR count). The minimum absolute atomic E-state index is 0.157. The van der Waals surface area contributed by atoms with E-state index in [-0.39, 0.29) is 11.8 Å². The van der Waals surface area contributed by atoms with E-state index in [1.54, 1.807) is 13.8 Å². The van der Waals surface area contributed by atoms with E-state index in [9.17, 15) is 9.59 Å². The van der Waals surface area contributed by atoms with Crippen LogP contribution in [0.3, 0.4) is 0 Å². The first-order valence-electron chi connectivity index (χ1n) is 14.2. The molecule has 209 valence electrons. The van der Waals surface area contributed by atoms with Gasteiger partial charge in [0.2, 0.25) is 11.8 Å². The first kappa shape index (κ1) is 28.6. The third-order valence-corrected chi connectivity index (χ3v) is 11.1. The van der Waals surface area contributed by atoms with Gasteiger partial charge in [-0.15, -0.1) is 0 Å². The lowest BCUT2D eigenvalue weighted by Crippen LogP contribution is -2.75. The Morgan fingerprint density at radius 2 is 0.878 bits per heavy atom. The van der Waals surface area contributed by atoms with E-state index in [1.807, 2.05) is 21.9 Å². The summed E-state index contributed by atoms with van der Waals surface area (Å²) in [6.45, 7) is 16.0. The molecule has 1 radical (unpaired) electrons. The molecular weight excluding hydrogens is 520 g/mol. The molecule has 1 aliphatic rings. The van der Waals surface area contributed by atoms with Crippen molar-refractivity contribution in [3.05, 3.63) is 118 Å². The number of hydrogen-bond acceptors (Lipinski definition) is 2. The molecule has 0 unspecified atom stereocenters. The second-order valence-electron chi connectivity index (χ2n) is 12.0. The predicted octanol–water partition coefficient (Wildman–Crippen LogP) is 6.12. The Morgan fingerprint density at radius 1 is 0.561 bits per heavy atom. The zero-order valence-corrected chi connectivity index (χ0v) is 26.4. The van der Waals surface area contributed by atoms with Crippen LogP contribution >= 0.6 is 0 Å². The van der Waals surface area contributed by atoms with Crippen molar-refractivity contribution in [1.82, 2.24) is 0 Å². The molecule has 0 bridgehead atoms. The molecule has 4 aromatic carbocycles. The Balaban J connectivity index is 1.92. The van der Waals surface area contributed by atoms with Crippen LogP contribution in [0.4, 0.5) is 11.4 Å². The van der Waals surface area contributed by atoms with Gasteiger partial charge in [0.05, 0.1) is 11.4 Å². The lowest BCUT2D eigenvalue weighted by molar-refractivity contribution is -0.140. The minimum atomic E-state index is -1.78. The van der Waals surface area contributed by atoms with Gasteiger partial charge in [-0.1, -0.05) is 106 Å². The molecule has 1 fully saturated rings. The fourth-order valence-electron chi connectivity index (χ4n) is 6.54. The van der Waals surface area contributed by atoms with Crippen molar-refractivity contribution >= 4 is 42.4 Å². The van der Waals surface area contributed by atoms with Crippen LogP contribution in [0, 0.1) is 47.0 Å². The molecule has 1 heterocycles. The number of hydrogen-bond donors (Lipinski definition) is 0. The third kappa shape index (κ3) is 4.93. The van der Waals surface area contributed by atoms with Gasteiger partial charge in [-0.3, -0.25) is 19.4 Å². The normalized spacial score (nSPS) is 15.6. The maximum Gasteiger partial charge on any atom is 0.243 e. The summed E-state index contributed by atoms with van der Waals surface area (Å²) in [6.07, 6.45) is 0. The van der Waals surface area contributed by atoms with E-state index in [2.05, 4.69) is 114 Å². The topological polar surface area (TPSA) is 40.6 Å². The van der Waals surface area contributed by atoms with Crippen LogP contribution in [0.15, 0.2) is 84.9 Å². The monoisotopic (exact) mass is 559 g/mol. The number of carbonyl (C=O) groups excluding carboxylic acids is 2. The standard InChI is InChI=1S/C36H39N2O2Si/c1-23-19-25(3)31(26(4)20-23)37-33(39)36(7,8)34(40)38(32-27(5)21-24(2)22-28(32)6)35(37)41(29-15-11-9-12-16-29)30-17-13-10-14-18-30/h9-22,35H,1-8H3. The highest BCUT2D eigenvalue weighted by Gasteiger charge is 2.56. The number of amides is 2. The second-order valence-corrected chi connectivity index (χ2v) is 14.5. The van der Waals surface area contributed by atoms with Crippen molar-refractivity contribution in [2.24, 2.45) is 5.41 Å². The number of anilines is 2. The van der Waals surface area contributed by atoms with Gasteiger partial charge < -0.3 is 0 Å². The summed E-state index contributed by atoms with van der Waals surface area (Å²) >= 11 is 0. The highest BCUT2D eigenvalue weighted by Crippen LogP contribution is 2.42. The largest absolute Gasteiger partial charge is 0.292 e. The molecule has 2 amide bonds. The van der Waals surface area contributed by atoms with Crippen molar-refractivity contribution in [3.63, 3.8) is 0 Å². The van der Waals surface area contributed by atoms with E-state index >= 15 is 0 Å². The van der Waals surface area contributed by atoms with Crippen molar-refractivity contribution in [2.75, 3.05) is 9.80 Å². The molecule has 4 nitrogen and oxygen atoms in total. The summed E-state index contributed by atoms with van der Waals surface area (Å²) in [5.74, 6) is -0.843. The average Bonchev–Trinajstić information content (AvgIpc) is 2.91. The van der Waals surface area contributed by atoms with Crippen LogP contribution in [0.25, 0.3) is 0 Å². The van der Waals surface area contributed by atoms with Gasteiger partial charge >= 0.3 is 0 Å². The first-order valence-corrected chi connectivity index (χ1v) is 15.8. The summed E-state index contributed by atoms with van der Waals surface area (Å²) < 4.78 is 0. The van der Waals surface area contributed by atoms with Gasteiger partial charge in [-0.25, -0.2) is 0 Å². The molecule has 1 saturated heterocycles. The number of rotatable bonds is 5. The van der Waals surface area contributed by atoms with E-state index in [0.29, 0.717) is 0 Å². The highest BCUT2D eigenvalue weighted by molar-refractivity contribution is 6.87. The minimum Gasteiger partial charge on any atom is -0.292 e. The quantitative estimate of drug-likeness (QED) is 0.218. The van der Waals surface area contributed by atoms with Crippen LogP contribution in [-0.2, 0) is 9.59 Å². The van der Waals surface area contributed by atoms with E-state index in [1.165, 1.54) is 0 Å². The molecule has 0 N–H and O–H groups in total. The van der Waals surface area contributed by atoms with Crippen LogP contribution < -0.4 is 20.2 Å². The van der Waals surface area contributed by atoms with Gasteiger partial charge in [0.1, 0.15) is 11.2 Å². The maximum absolute atomic E-state index is 14.7. The number of carbonyl (C=O) groups is 2. The van der Waals surface area contributed by atoms with Crippen LogP contribution in [0.2, 0.25) is 0 Å². The SMILES string of the molecule is Cc1cc(C)c(N2C(=O)C(C)(C)C(=O)N(c3c(C)cc(C)cc3C)C2[Si](c2ccccc2)c2ccccc2)c(C)c1. The zero-order chi connectivity index (χ0) is 29.6. The molecule has 0 saturated carbocycles. The van der Waals surface area contributed by atoms with Crippen molar-refractivity contribution in [3.8, 4) is 0 Å². The second kappa shape index (κ2) is 10.8. The maximum atomic E-state index is 14.7. The van der Waals surface area contributed by atoms with Crippen molar-refractivity contribution in [2.45, 2.75) is 61.2 Å². The summed E-state index contributed by atoms with van der Waals surface area (Å²) in [5.41, 5.74) is 6.98. The number of aryl methyl sites for hydroxylation is 6. The number of benzene rings is 4. The van der Waals surface area contributed by atoms with Gasteiger partial charge in [-0.05, 0) is 77.6 Å². The predicted molar refractivity (Wildman–Crippen MR) is 172 cm³/mol. The summed E-state index contributed by atoms with van der Waals surface area (Å²) in [7, 11) is -1.78. The van der Waals surface area contributed by atoms with Crippen molar-refractivity contribution in [1.29, 1.82) is 0 Å². The molecule has 0 atom stereocenters. The smallest absolute Gasteiger partial charge is 0.243 e. The van der Waals surface area contributed by atoms with Crippen LogP contribution in [0.5, 0.6) is 0 Å². The van der Waals surface area contributed by atoms with Crippen LogP contribution in [0.1, 0.15) is 47.2 Å². The zero-order valence-electron chi connectivity index (χ0n) is 25.4. The Labute approximate surface area is 246 Å². The molecular formula is C36H39N2O2Si. The van der Waals surface area contributed by atoms with E-state index in [4.69, 9.17) is 0 Å². The molecule has 4 aromatic rings. The number of nitrogens with zero attached hydrogens (tertiary/aromatic N) is 2. The Kier molecular flexibility index (Phi) is 7.52. The molecule has 41 heavy (non-hydrogen) atoms. The van der Waals surface area contributed by atoms with Crippen LogP contribution in [-0.4, -0.2) is 26.4 Å². The highest BCUT2D eigenvalue weighted by atomic mass is 28.3. The Bertz CT molecular complexity index is 1460. The first-order chi connectivity index (χ1) is 19.4. The Morgan fingerprint density at radius 3 is 1.20 bits per heavy atom. The lowest BCUT2D eigenvalue weighted by atomic mass is 9.86. The summed E-state index contributed by atoms with van der Waals surface area (Å²) in [5, 5.41) is 2.29. The van der Waals surface area contributed by atoms with Crippen molar-refractivity contribution < 1.29 is 9.59 Å². The van der Waals surface area contributed by atoms with E-state index in [0.717, 1.165) is 55.1 Å². The van der Waals surface area contributed by atoms with Gasteiger partial charge in [0, 0.05) is 0 Å². The Hall–Kier alpha value is -3.96. The molecule has 1 aliphatic heterocycles. The fourth-order valence-corrected chi connectivity index (χ4v) is 9.58. The third-order valence-electron chi connectivity index (χ3n) is 8.18. The average molecular weight is 560 g/mol. The van der Waals surface area contributed by atoms with Gasteiger partial charge in [0.25, 0.3) is 0 Å². The molecule has 0 spiro atoms. The van der Waals surface area contributed by atoms with E-state index < -0.39 is 20.0 Å². The summed E-state index contributed by atoms with van der Waals surface area (Å²) in [4.78, 5) is 33.4. The molecule has 5 heteroatoms. The van der Waals surface area contributed by atoms with Gasteiger partial charge in [-0.2, -0.15) is 0 Å². The fraction of sp³-hybridized carbons (Fsp3) is 0.278. The summed E-state index contributed by atoms with van der Waals surface area (Å²) in [6, 6.07) is 29.4. The molecule has 0 aliphatic carbocycles.